The van der Waals surface area contributed by atoms with Crippen molar-refractivity contribution in [3.8, 4) is 0 Å². The van der Waals surface area contributed by atoms with Crippen molar-refractivity contribution >= 4 is 17.6 Å². The van der Waals surface area contributed by atoms with Gasteiger partial charge in [-0.3, -0.25) is 9.59 Å². The van der Waals surface area contributed by atoms with Crippen LogP contribution in [0, 0.1) is 0 Å². The quantitative estimate of drug-likeness (QED) is 0.835. The number of nitrogens with zero attached hydrogens (tertiary/aromatic N) is 1. The Morgan fingerprint density at radius 3 is 2.81 bits per heavy atom. The topological polar surface area (TPSA) is 69.6 Å². The minimum absolute atomic E-state index is 0.0594. The van der Waals surface area contributed by atoms with E-state index in [0.29, 0.717) is 6.42 Å². The molecule has 0 bridgehead atoms. The first-order chi connectivity index (χ1) is 10.0. The molecule has 1 atom stereocenters. The third-order valence-electron chi connectivity index (χ3n) is 3.82. The van der Waals surface area contributed by atoms with Crippen LogP contribution < -0.4 is 10.2 Å². The van der Waals surface area contributed by atoms with Gasteiger partial charge in [0.2, 0.25) is 5.91 Å². The molecule has 21 heavy (non-hydrogen) atoms. The van der Waals surface area contributed by atoms with E-state index in [4.69, 9.17) is 5.11 Å². The van der Waals surface area contributed by atoms with Crippen LogP contribution in [0.2, 0.25) is 0 Å². The van der Waals surface area contributed by atoms with Crippen LogP contribution in [0.1, 0.15) is 31.4 Å². The number of nitrogens with one attached hydrogen (secondary N) is 1. The van der Waals surface area contributed by atoms with Gasteiger partial charge in [0.05, 0.1) is 6.42 Å². The molecule has 0 saturated heterocycles. The molecule has 1 aliphatic rings. The zero-order valence-corrected chi connectivity index (χ0v) is 12.6. The second-order valence-electron chi connectivity index (χ2n) is 5.44. The van der Waals surface area contributed by atoms with E-state index in [-0.39, 0.29) is 18.4 Å². The number of anilines is 1. The van der Waals surface area contributed by atoms with E-state index < -0.39 is 5.97 Å². The number of carbonyl (C=O) groups is 2. The van der Waals surface area contributed by atoms with Crippen molar-refractivity contribution in [3.05, 3.63) is 29.3 Å². The molecule has 5 heteroatoms. The lowest BCUT2D eigenvalue weighted by molar-refractivity contribution is -0.137. The first-order valence-corrected chi connectivity index (χ1v) is 7.36. The van der Waals surface area contributed by atoms with Crippen LogP contribution in [0.3, 0.4) is 0 Å². The molecular weight excluding hydrogens is 268 g/mol. The lowest BCUT2D eigenvalue weighted by atomic mass is 10.00. The van der Waals surface area contributed by atoms with Crippen molar-refractivity contribution in [3.63, 3.8) is 0 Å². The van der Waals surface area contributed by atoms with Crippen LogP contribution in [0.15, 0.2) is 18.2 Å². The lowest BCUT2D eigenvalue weighted by Crippen LogP contribution is -2.33. The predicted octanol–water partition coefficient (Wildman–Crippen LogP) is 1.59. The van der Waals surface area contributed by atoms with Crippen molar-refractivity contribution in [2.75, 3.05) is 18.0 Å². The van der Waals surface area contributed by atoms with E-state index >= 15 is 0 Å². The highest BCUT2D eigenvalue weighted by Crippen LogP contribution is 2.29. The number of hydrogen-bond donors (Lipinski definition) is 2. The van der Waals surface area contributed by atoms with Gasteiger partial charge in [-0.05, 0) is 36.6 Å². The Bertz CT molecular complexity index is 542. The van der Waals surface area contributed by atoms with E-state index in [9.17, 15) is 9.59 Å². The molecule has 1 aromatic rings. The normalized spacial score (nSPS) is 14.9. The molecular formula is C16H22N2O3. The Hall–Kier alpha value is -1.88. The van der Waals surface area contributed by atoms with Crippen LogP contribution in [-0.2, 0) is 22.4 Å². The van der Waals surface area contributed by atoms with Gasteiger partial charge in [0.15, 0.2) is 0 Å². The Kier molecular flexibility index (Phi) is 4.96. The summed E-state index contributed by atoms with van der Waals surface area (Å²) in [5.74, 6) is -0.720. The summed E-state index contributed by atoms with van der Waals surface area (Å²) in [6.07, 6.45) is 1.67. The minimum Gasteiger partial charge on any atom is -0.481 e. The predicted molar refractivity (Wildman–Crippen MR) is 81.6 cm³/mol. The van der Waals surface area contributed by atoms with Gasteiger partial charge in [-0.25, -0.2) is 0 Å². The smallest absolute Gasteiger partial charge is 0.304 e. The molecule has 1 unspecified atom stereocenters. The highest BCUT2D eigenvalue weighted by atomic mass is 16.4. The molecule has 114 valence electrons. The summed E-state index contributed by atoms with van der Waals surface area (Å²) in [7, 11) is 0. The van der Waals surface area contributed by atoms with Crippen LogP contribution in [0.5, 0.6) is 0 Å². The molecule has 0 aromatic heterocycles. The Balaban J connectivity index is 2.11. The molecule has 0 spiro atoms. The summed E-state index contributed by atoms with van der Waals surface area (Å²) < 4.78 is 0. The summed E-state index contributed by atoms with van der Waals surface area (Å²) >= 11 is 0. The first kappa shape index (κ1) is 15.5. The van der Waals surface area contributed by atoms with Gasteiger partial charge in [-0.2, -0.15) is 0 Å². The zero-order chi connectivity index (χ0) is 15.4. The molecule has 1 amide bonds. The fraction of sp³-hybridized carbons (Fsp3) is 0.500. The number of benzene rings is 1. The Morgan fingerprint density at radius 1 is 1.43 bits per heavy atom. The molecule has 1 aliphatic heterocycles. The molecule has 0 fully saturated rings. The van der Waals surface area contributed by atoms with Crippen LogP contribution in [-0.4, -0.2) is 36.1 Å². The Morgan fingerprint density at radius 2 is 2.19 bits per heavy atom. The molecule has 0 saturated carbocycles. The van der Waals surface area contributed by atoms with E-state index in [0.717, 1.165) is 30.8 Å². The summed E-state index contributed by atoms with van der Waals surface area (Å²) in [6, 6.07) is 6.01. The molecule has 1 aromatic carbocycles. The molecule has 0 aliphatic carbocycles. The minimum atomic E-state index is -0.787. The maximum absolute atomic E-state index is 11.5. The monoisotopic (exact) mass is 290 g/mol. The number of carboxylic acids is 1. The fourth-order valence-corrected chi connectivity index (χ4v) is 2.91. The number of carbonyl (C=O) groups excluding carboxylic acids is 1. The number of amides is 1. The van der Waals surface area contributed by atoms with Crippen molar-refractivity contribution in [1.82, 2.24) is 5.32 Å². The lowest BCUT2D eigenvalue weighted by Gasteiger charge is -2.18. The maximum atomic E-state index is 11.5. The highest BCUT2D eigenvalue weighted by Gasteiger charge is 2.22. The number of likely N-dealkylation sites (N-methyl/N-ethyl adjacent to an activating group) is 1. The van der Waals surface area contributed by atoms with Crippen LogP contribution in [0.4, 0.5) is 5.69 Å². The van der Waals surface area contributed by atoms with Crippen molar-refractivity contribution < 1.29 is 14.7 Å². The highest BCUT2D eigenvalue weighted by molar-refractivity contribution is 5.93. The SMILES string of the molecule is CCNC(CC(=O)O)Cc1ccc2c(c1)CCN2C(C)=O. The van der Waals surface area contributed by atoms with Gasteiger partial charge in [-0.1, -0.05) is 19.1 Å². The summed E-state index contributed by atoms with van der Waals surface area (Å²) in [5.41, 5.74) is 3.28. The standard InChI is InChI=1S/C16H22N2O3/c1-3-17-14(10-16(20)21)9-12-4-5-15-13(8-12)6-7-18(15)11(2)19/h4-5,8,14,17H,3,6-7,9-10H2,1-2H3,(H,20,21). The third kappa shape index (κ3) is 3.82. The van der Waals surface area contributed by atoms with Gasteiger partial charge in [0.1, 0.15) is 0 Å². The number of rotatable bonds is 6. The van der Waals surface area contributed by atoms with E-state index in [1.165, 1.54) is 5.56 Å². The van der Waals surface area contributed by atoms with Crippen LogP contribution in [0.25, 0.3) is 0 Å². The molecule has 5 nitrogen and oxygen atoms in total. The van der Waals surface area contributed by atoms with Gasteiger partial charge in [-0.15, -0.1) is 0 Å². The van der Waals surface area contributed by atoms with Gasteiger partial charge < -0.3 is 15.3 Å². The van der Waals surface area contributed by atoms with E-state index in [1.54, 1.807) is 11.8 Å². The van der Waals surface area contributed by atoms with Gasteiger partial charge in [0.25, 0.3) is 0 Å². The van der Waals surface area contributed by atoms with E-state index in [1.807, 2.05) is 19.1 Å². The maximum Gasteiger partial charge on any atom is 0.304 e. The average molecular weight is 290 g/mol. The fourth-order valence-electron chi connectivity index (χ4n) is 2.91. The van der Waals surface area contributed by atoms with Crippen molar-refractivity contribution in [1.29, 1.82) is 0 Å². The zero-order valence-electron chi connectivity index (χ0n) is 12.6. The molecule has 2 N–H and O–H groups in total. The van der Waals surface area contributed by atoms with Gasteiger partial charge in [0, 0.05) is 25.2 Å². The molecule has 1 heterocycles. The third-order valence-corrected chi connectivity index (χ3v) is 3.82. The second kappa shape index (κ2) is 6.72. The number of hydrogen-bond acceptors (Lipinski definition) is 3. The number of aliphatic carboxylic acids is 1. The number of fused-ring (bicyclic) bond motifs is 1. The summed E-state index contributed by atoms with van der Waals surface area (Å²) in [5, 5.41) is 12.2. The van der Waals surface area contributed by atoms with Crippen molar-refractivity contribution in [2.24, 2.45) is 0 Å². The number of carboxylic acid groups (broad SMARTS) is 1. The van der Waals surface area contributed by atoms with Crippen LogP contribution >= 0.6 is 0 Å². The molecule has 2 rings (SSSR count). The second-order valence-corrected chi connectivity index (χ2v) is 5.44. The molecule has 0 radical (unpaired) electrons. The summed E-state index contributed by atoms with van der Waals surface area (Å²) in [6.45, 7) is 5.04. The average Bonchev–Trinajstić information content (AvgIpc) is 2.81. The largest absolute Gasteiger partial charge is 0.481 e. The van der Waals surface area contributed by atoms with E-state index in [2.05, 4.69) is 11.4 Å². The van der Waals surface area contributed by atoms with Crippen molar-refractivity contribution in [2.45, 2.75) is 39.2 Å². The first-order valence-electron chi connectivity index (χ1n) is 7.36. The summed E-state index contributed by atoms with van der Waals surface area (Å²) in [4.78, 5) is 24.2. The Labute approximate surface area is 125 Å². The van der Waals surface area contributed by atoms with Gasteiger partial charge >= 0.3 is 5.97 Å².